The highest BCUT2D eigenvalue weighted by Crippen LogP contribution is 2.27. The first-order valence-electron chi connectivity index (χ1n) is 6.34. The predicted molar refractivity (Wildman–Crippen MR) is 69.8 cm³/mol. The Morgan fingerprint density at radius 1 is 1.33 bits per heavy atom. The van der Waals surface area contributed by atoms with E-state index < -0.39 is 0 Å². The molecule has 1 unspecified atom stereocenters. The van der Waals surface area contributed by atoms with E-state index >= 15 is 0 Å². The van der Waals surface area contributed by atoms with E-state index in [0.29, 0.717) is 6.04 Å². The minimum absolute atomic E-state index is 0.120. The number of hydrogen-bond acceptors (Lipinski definition) is 4. The summed E-state index contributed by atoms with van der Waals surface area (Å²) in [6.07, 6.45) is 4.17. The van der Waals surface area contributed by atoms with Crippen molar-refractivity contribution in [2.45, 2.75) is 31.7 Å². The molecule has 2 rings (SSSR count). The number of hydrogen-bond donors (Lipinski definition) is 1. The molecule has 0 bridgehead atoms. The van der Waals surface area contributed by atoms with Gasteiger partial charge in [-0.2, -0.15) is 0 Å². The van der Waals surface area contributed by atoms with Gasteiger partial charge in [-0.25, -0.2) is 0 Å². The Bertz CT molecular complexity index is 403. The van der Waals surface area contributed by atoms with Crippen molar-refractivity contribution in [3.8, 4) is 0 Å². The second-order valence-corrected chi connectivity index (χ2v) is 4.63. The lowest BCUT2D eigenvalue weighted by atomic mass is 9.99. The van der Waals surface area contributed by atoms with Crippen molar-refractivity contribution in [3.05, 3.63) is 34.4 Å². The molecule has 1 aliphatic heterocycles. The van der Waals surface area contributed by atoms with Crippen molar-refractivity contribution in [3.63, 3.8) is 0 Å². The highest BCUT2D eigenvalue weighted by molar-refractivity contribution is 5.51. The number of nitrogens with zero attached hydrogens (tertiary/aromatic N) is 2. The fraction of sp³-hybridized carbons (Fsp3) is 0.538. The zero-order valence-corrected chi connectivity index (χ0v) is 10.3. The summed E-state index contributed by atoms with van der Waals surface area (Å²) in [6, 6.07) is 7.03. The Labute approximate surface area is 106 Å². The van der Waals surface area contributed by atoms with E-state index in [1.54, 1.807) is 24.3 Å². The van der Waals surface area contributed by atoms with Crippen LogP contribution in [0.25, 0.3) is 0 Å². The molecule has 0 aromatic heterocycles. The van der Waals surface area contributed by atoms with Crippen LogP contribution in [-0.4, -0.2) is 29.2 Å². The monoisotopic (exact) mass is 250 g/mol. The van der Waals surface area contributed by atoms with Crippen LogP contribution in [0.2, 0.25) is 0 Å². The summed E-state index contributed by atoms with van der Waals surface area (Å²) in [5.41, 5.74) is 1.13. The molecule has 1 aromatic rings. The molecule has 1 fully saturated rings. The largest absolute Gasteiger partial charge is 0.396 e. The van der Waals surface area contributed by atoms with Gasteiger partial charge >= 0.3 is 0 Å². The van der Waals surface area contributed by atoms with Crippen LogP contribution in [0.4, 0.5) is 11.4 Å². The standard InChI is InChI=1S/C13H18N2O3/c16-10-8-11-3-1-2-9-14(11)12-4-6-13(7-5-12)15(17)18/h4-7,11,16H,1-3,8-10H2. The number of nitro benzene ring substituents is 1. The first kappa shape index (κ1) is 12.8. The SMILES string of the molecule is O=[N+]([O-])c1ccc(N2CCCCC2CCO)cc1. The maximum atomic E-state index is 10.6. The van der Waals surface area contributed by atoms with Gasteiger partial charge in [0.1, 0.15) is 0 Å². The number of aliphatic hydroxyl groups excluding tert-OH is 1. The lowest BCUT2D eigenvalue weighted by molar-refractivity contribution is -0.384. The van der Waals surface area contributed by atoms with E-state index in [2.05, 4.69) is 4.90 Å². The molecule has 0 amide bonds. The maximum absolute atomic E-state index is 10.6. The number of aliphatic hydroxyl groups is 1. The van der Waals surface area contributed by atoms with Gasteiger partial charge in [0.05, 0.1) is 4.92 Å². The van der Waals surface area contributed by atoms with Crippen molar-refractivity contribution in [2.24, 2.45) is 0 Å². The summed E-state index contributed by atoms with van der Waals surface area (Å²) in [5, 5.41) is 19.7. The fourth-order valence-corrected chi connectivity index (χ4v) is 2.56. The van der Waals surface area contributed by atoms with Crippen LogP contribution in [0.3, 0.4) is 0 Å². The number of piperidine rings is 1. The van der Waals surface area contributed by atoms with Gasteiger partial charge < -0.3 is 10.0 Å². The second kappa shape index (κ2) is 5.82. The first-order valence-corrected chi connectivity index (χ1v) is 6.34. The number of benzene rings is 1. The molecule has 0 saturated carbocycles. The van der Waals surface area contributed by atoms with Gasteiger partial charge in [-0.15, -0.1) is 0 Å². The number of rotatable bonds is 4. The van der Waals surface area contributed by atoms with E-state index in [1.165, 1.54) is 6.42 Å². The van der Waals surface area contributed by atoms with E-state index in [4.69, 9.17) is 5.11 Å². The second-order valence-electron chi connectivity index (χ2n) is 4.63. The number of nitro groups is 1. The molecule has 1 aliphatic rings. The van der Waals surface area contributed by atoms with Crippen molar-refractivity contribution in [2.75, 3.05) is 18.1 Å². The van der Waals surface area contributed by atoms with Crippen molar-refractivity contribution < 1.29 is 10.0 Å². The minimum atomic E-state index is -0.384. The topological polar surface area (TPSA) is 66.6 Å². The molecule has 98 valence electrons. The molecule has 5 heteroatoms. The molecule has 1 N–H and O–H groups in total. The third kappa shape index (κ3) is 2.79. The Kier molecular flexibility index (Phi) is 4.15. The van der Waals surface area contributed by atoms with Crippen LogP contribution in [0, 0.1) is 10.1 Å². The van der Waals surface area contributed by atoms with Crippen molar-refractivity contribution in [1.29, 1.82) is 0 Å². The van der Waals surface area contributed by atoms with Crippen LogP contribution >= 0.6 is 0 Å². The molecule has 1 atom stereocenters. The average Bonchev–Trinajstić information content (AvgIpc) is 2.40. The minimum Gasteiger partial charge on any atom is -0.396 e. The van der Waals surface area contributed by atoms with Gasteiger partial charge in [0.2, 0.25) is 0 Å². The Morgan fingerprint density at radius 3 is 2.67 bits per heavy atom. The third-order valence-electron chi connectivity index (χ3n) is 3.48. The van der Waals surface area contributed by atoms with E-state index in [9.17, 15) is 10.1 Å². The molecular formula is C13H18N2O3. The average molecular weight is 250 g/mol. The summed E-state index contributed by atoms with van der Waals surface area (Å²) in [5.74, 6) is 0. The van der Waals surface area contributed by atoms with E-state index in [1.807, 2.05) is 0 Å². The van der Waals surface area contributed by atoms with E-state index in [-0.39, 0.29) is 17.2 Å². The lowest BCUT2D eigenvalue weighted by Crippen LogP contribution is -2.40. The maximum Gasteiger partial charge on any atom is 0.269 e. The normalized spacial score (nSPS) is 19.8. The predicted octanol–water partition coefficient (Wildman–Crippen LogP) is 2.34. The molecule has 1 aromatic carbocycles. The van der Waals surface area contributed by atoms with Gasteiger partial charge in [-0.05, 0) is 37.8 Å². The van der Waals surface area contributed by atoms with Gasteiger partial charge in [-0.3, -0.25) is 10.1 Å². The van der Waals surface area contributed by atoms with Crippen LogP contribution < -0.4 is 4.90 Å². The Hall–Kier alpha value is -1.62. The molecule has 18 heavy (non-hydrogen) atoms. The Balaban J connectivity index is 2.15. The molecule has 0 aliphatic carbocycles. The van der Waals surface area contributed by atoms with Crippen molar-refractivity contribution in [1.82, 2.24) is 0 Å². The van der Waals surface area contributed by atoms with Crippen LogP contribution in [0.5, 0.6) is 0 Å². The van der Waals surface area contributed by atoms with E-state index in [0.717, 1.165) is 31.5 Å². The summed E-state index contributed by atoms with van der Waals surface area (Å²) in [7, 11) is 0. The van der Waals surface area contributed by atoms with Crippen molar-refractivity contribution >= 4 is 11.4 Å². The highest BCUT2D eigenvalue weighted by Gasteiger charge is 2.22. The molecular weight excluding hydrogens is 232 g/mol. The van der Waals surface area contributed by atoms with Crippen LogP contribution in [0.1, 0.15) is 25.7 Å². The summed E-state index contributed by atoms with van der Waals surface area (Å²) in [6.45, 7) is 1.15. The molecule has 1 saturated heterocycles. The number of anilines is 1. The van der Waals surface area contributed by atoms with Gasteiger partial charge in [0.25, 0.3) is 5.69 Å². The molecule has 0 spiro atoms. The summed E-state index contributed by atoms with van der Waals surface area (Å²) in [4.78, 5) is 12.5. The van der Waals surface area contributed by atoms with Gasteiger partial charge in [0.15, 0.2) is 0 Å². The van der Waals surface area contributed by atoms with Gasteiger partial charge in [-0.1, -0.05) is 0 Å². The van der Waals surface area contributed by atoms with Gasteiger partial charge in [0, 0.05) is 37.0 Å². The zero-order valence-electron chi connectivity index (χ0n) is 10.3. The molecule has 0 radical (unpaired) electrons. The summed E-state index contributed by atoms with van der Waals surface area (Å²) >= 11 is 0. The van der Waals surface area contributed by atoms with Crippen LogP contribution in [0.15, 0.2) is 24.3 Å². The zero-order chi connectivity index (χ0) is 13.0. The first-order chi connectivity index (χ1) is 8.72. The number of non-ortho nitro benzene ring substituents is 1. The Morgan fingerprint density at radius 2 is 2.06 bits per heavy atom. The smallest absolute Gasteiger partial charge is 0.269 e. The lowest BCUT2D eigenvalue weighted by Gasteiger charge is -2.37. The quantitative estimate of drug-likeness (QED) is 0.658. The molecule has 5 nitrogen and oxygen atoms in total. The summed E-state index contributed by atoms with van der Waals surface area (Å²) < 4.78 is 0. The third-order valence-corrected chi connectivity index (χ3v) is 3.48. The molecule has 1 heterocycles. The highest BCUT2D eigenvalue weighted by atomic mass is 16.6. The fourth-order valence-electron chi connectivity index (χ4n) is 2.56. The van der Waals surface area contributed by atoms with Crippen LogP contribution in [-0.2, 0) is 0 Å².